The summed E-state index contributed by atoms with van der Waals surface area (Å²) in [6.45, 7) is -0.247. The van der Waals surface area contributed by atoms with Crippen LogP contribution in [-0.4, -0.2) is 36.1 Å². The molecule has 29 heavy (non-hydrogen) atoms. The van der Waals surface area contributed by atoms with Crippen LogP contribution in [0.1, 0.15) is 5.56 Å². The lowest BCUT2D eigenvalue weighted by molar-refractivity contribution is -0.121. The second kappa shape index (κ2) is 9.32. The maximum Gasteiger partial charge on any atom is 0.267 e. The fourth-order valence-corrected chi connectivity index (χ4v) is 2.61. The van der Waals surface area contributed by atoms with Crippen LogP contribution in [-0.2, 0) is 11.3 Å². The van der Waals surface area contributed by atoms with E-state index in [4.69, 9.17) is 9.47 Å². The molecule has 0 bridgehead atoms. The summed E-state index contributed by atoms with van der Waals surface area (Å²) in [6, 6.07) is 17.6. The number of methoxy groups -OCH3 is 2. The molecule has 0 spiro atoms. The van der Waals surface area contributed by atoms with Crippen LogP contribution in [0.3, 0.4) is 0 Å². The van der Waals surface area contributed by atoms with Gasteiger partial charge in [0, 0.05) is 11.6 Å². The van der Waals surface area contributed by atoms with Crippen molar-refractivity contribution in [3.05, 3.63) is 76.6 Å². The number of amides is 1. The normalized spacial score (nSPS) is 10.7. The van der Waals surface area contributed by atoms with Gasteiger partial charge in [-0.3, -0.25) is 9.59 Å². The zero-order valence-corrected chi connectivity index (χ0v) is 16.0. The van der Waals surface area contributed by atoms with Crippen LogP contribution in [0.5, 0.6) is 11.5 Å². The Hall–Kier alpha value is -3.94. The lowest BCUT2D eigenvalue weighted by Crippen LogP contribution is -2.31. The number of aromatic nitrogens is 2. The van der Waals surface area contributed by atoms with E-state index in [0.29, 0.717) is 22.8 Å². The maximum absolute atomic E-state index is 12.2. The van der Waals surface area contributed by atoms with Crippen molar-refractivity contribution < 1.29 is 14.3 Å². The first-order chi connectivity index (χ1) is 14.1. The van der Waals surface area contributed by atoms with E-state index >= 15 is 0 Å². The number of rotatable bonds is 7. The molecule has 8 heteroatoms. The second-order valence-electron chi connectivity index (χ2n) is 5.99. The standard InChI is InChI=1S/C21H20N4O4/c1-28-18-10-8-15(12-19(18)29-2)13-22-23-20(26)14-25-21(27)11-9-17(24-25)16-6-4-3-5-7-16/h3-13H,14H2,1-2H3,(H,23,26)/b22-13+. The molecule has 0 radical (unpaired) electrons. The number of carbonyl (C=O) groups is 1. The van der Waals surface area contributed by atoms with Crippen molar-refractivity contribution in [3.63, 3.8) is 0 Å². The monoisotopic (exact) mass is 392 g/mol. The number of nitrogens with one attached hydrogen (secondary N) is 1. The van der Waals surface area contributed by atoms with Crippen molar-refractivity contribution in [2.75, 3.05) is 14.2 Å². The number of ether oxygens (including phenoxy) is 2. The summed E-state index contributed by atoms with van der Waals surface area (Å²) < 4.78 is 11.5. The zero-order chi connectivity index (χ0) is 20.6. The molecule has 0 fully saturated rings. The molecule has 0 aliphatic heterocycles. The number of nitrogens with zero attached hydrogens (tertiary/aromatic N) is 3. The first-order valence-corrected chi connectivity index (χ1v) is 8.78. The number of hydrogen-bond donors (Lipinski definition) is 1. The average molecular weight is 392 g/mol. The van der Waals surface area contributed by atoms with Gasteiger partial charge in [0.15, 0.2) is 11.5 Å². The Kier molecular flexibility index (Phi) is 6.36. The van der Waals surface area contributed by atoms with Gasteiger partial charge < -0.3 is 9.47 Å². The van der Waals surface area contributed by atoms with E-state index in [1.807, 2.05) is 30.3 Å². The third kappa shape index (κ3) is 5.07. The quantitative estimate of drug-likeness (QED) is 0.491. The van der Waals surface area contributed by atoms with E-state index in [0.717, 1.165) is 10.2 Å². The lowest BCUT2D eigenvalue weighted by atomic mass is 10.1. The van der Waals surface area contributed by atoms with Crippen LogP contribution in [0.2, 0.25) is 0 Å². The Labute approximate surface area is 167 Å². The second-order valence-corrected chi connectivity index (χ2v) is 5.99. The molecular formula is C21H20N4O4. The van der Waals surface area contributed by atoms with Crippen molar-refractivity contribution in [1.82, 2.24) is 15.2 Å². The summed E-state index contributed by atoms with van der Waals surface area (Å²) in [4.78, 5) is 24.2. The average Bonchev–Trinajstić information content (AvgIpc) is 2.75. The first kappa shape index (κ1) is 19.8. The molecular weight excluding hydrogens is 372 g/mol. The minimum absolute atomic E-state index is 0.247. The predicted molar refractivity (Wildman–Crippen MR) is 109 cm³/mol. The van der Waals surface area contributed by atoms with E-state index in [9.17, 15) is 9.59 Å². The van der Waals surface area contributed by atoms with Crippen LogP contribution >= 0.6 is 0 Å². The number of benzene rings is 2. The summed E-state index contributed by atoms with van der Waals surface area (Å²) in [5.74, 6) is 0.676. The van der Waals surface area contributed by atoms with Gasteiger partial charge in [-0.15, -0.1) is 0 Å². The highest BCUT2D eigenvalue weighted by atomic mass is 16.5. The molecule has 0 unspecified atom stereocenters. The van der Waals surface area contributed by atoms with E-state index in [2.05, 4.69) is 15.6 Å². The van der Waals surface area contributed by atoms with Gasteiger partial charge in [-0.2, -0.15) is 10.2 Å². The molecule has 3 rings (SSSR count). The smallest absolute Gasteiger partial charge is 0.267 e. The van der Waals surface area contributed by atoms with Gasteiger partial charge in [0.25, 0.3) is 11.5 Å². The topological polar surface area (TPSA) is 94.8 Å². The van der Waals surface area contributed by atoms with Gasteiger partial charge in [-0.25, -0.2) is 10.1 Å². The summed E-state index contributed by atoms with van der Waals surface area (Å²) >= 11 is 0. The van der Waals surface area contributed by atoms with E-state index < -0.39 is 5.91 Å². The van der Waals surface area contributed by atoms with Crippen molar-refractivity contribution in [2.24, 2.45) is 5.10 Å². The molecule has 1 heterocycles. The largest absolute Gasteiger partial charge is 0.493 e. The lowest BCUT2D eigenvalue weighted by Gasteiger charge is -2.07. The Morgan fingerprint density at radius 3 is 2.55 bits per heavy atom. The van der Waals surface area contributed by atoms with Gasteiger partial charge in [0.05, 0.1) is 26.1 Å². The highest BCUT2D eigenvalue weighted by Crippen LogP contribution is 2.26. The van der Waals surface area contributed by atoms with E-state index in [-0.39, 0.29) is 12.1 Å². The van der Waals surface area contributed by atoms with Gasteiger partial charge in [-0.1, -0.05) is 30.3 Å². The van der Waals surface area contributed by atoms with Gasteiger partial charge in [-0.05, 0) is 29.8 Å². The molecule has 8 nitrogen and oxygen atoms in total. The predicted octanol–water partition coefficient (Wildman–Crippen LogP) is 2.08. The molecule has 1 aromatic heterocycles. The first-order valence-electron chi connectivity index (χ1n) is 8.78. The highest BCUT2D eigenvalue weighted by Gasteiger charge is 2.08. The molecule has 1 N–H and O–H groups in total. The molecule has 0 saturated heterocycles. The third-order valence-corrected chi connectivity index (χ3v) is 4.04. The Morgan fingerprint density at radius 1 is 1.07 bits per heavy atom. The Morgan fingerprint density at radius 2 is 1.83 bits per heavy atom. The molecule has 148 valence electrons. The summed E-state index contributed by atoms with van der Waals surface area (Å²) in [5, 5.41) is 8.17. The SMILES string of the molecule is COc1ccc(/C=N/NC(=O)Cn2nc(-c3ccccc3)ccc2=O)cc1OC. The van der Waals surface area contributed by atoms with E-state index in [1.165, 1.54) is 19.4 Å². The van der Waals surface area contributed by atoms with Gasteiger partial charge in [0.2, 0.25) is 0 Å². The Bertz CT molecular complexity index is 1080. The minimum atomic E-state index is -0.471. The molecule has 3 aromatic rings. The van der Waals surface area contributed by atoms with Crippen LogP contribution in [0.4, 0.5) is 0 Å². The highest BCUT2D eigenvalue weighted by molar-refractivity contribution is 5.83. The van der Waals surface area contributed by atoms with Gasteiger partial charge >= 0.3 is 0 Å². The third-order valence-electron chi connectivity index (χ3n) is 4.04. The number of hydrogen-bond acceptors (Lipinski definition) is 6. The van der Waals surface area contributed by atoms with E-state index in [1.54, 1.807) is 31.4 Å². The maximum atomic E-state index is 12.2. The van der Waals surface area contributed by atoms with Crippen molar-refractivity contribution >= 4 is 12.1 Å². The van der Waals surface area contributed by atoms with Crippen LogP contribution in [0.25, 0.3) is 11.3 Å². The molecule has 0 atom stereocenters. The molecule has 2 aromatic carbocycles. The minimum Gasteiger partial charge on any atom is -0.493 e. The summed E-state index contributed by atoms with van der Waals surface area (Å²) in [5.41, 5.74) is 4.19. The van der Waals surface area contributed by atoms with Crippen molar-refractivity contribution in [1.29, 1.82) is 0 Å². The summed E-state index contributed by atoms with van der Waals surface area (Å²) in [7, 11) is 3.09. The van der Waals surface area contributed by atoms with Crippen LogP contribution in [0, 0.1) is 0 Å². The van der Waals surface area contributed by atoms with Crippen LogP contribution < -0.4 is 20.5 Å². The van der Waals surface area contributed by atoms with Gasteiger partial charge in [0.1, 0.15) is 6.54 Å². The molecule has 0 aliphatic carbocycles. The summed E-state index contributed by atoms with van der Waals surface area (Å²) in [6.07, 6.45) is 1.47. The number of carbonyl (C=O) groups excluding carboxylic acids is 1. The molecule has 0 aliphatic rings. The zero-order valence-electron chi connectivity index (χ0n) is 16.0. The number of hydrazone groups is 1. The Balaban J connectivity index is 1.67. The fraction of sp³-hybridized carbons (Fsp3) is 0.143. The fourth-order valence-electron chi connectivity index (χ4n) is 2.61. The van der Waals surface area contributed by atoms with Crippen LogP contribution in [0.15, 0.2) is 70.6 Å². The van der Waals surface area contributed by atoms with Crippen molar-refractivity contribution in [2.45, 2.75) is 6.54 Å². The molecule has 0 saturated carbocycles. The van der Waals surface area contributed by atoms with Crippen molar-refractivity contribution in [3.8, 4) is 22.8 Å². The molecule has 1 amide bonds.